The number of amides is 1. The second kappa shape index (κ2) is 4.58. The summed E-state index contributed by atoms with van der Waals surface area (Å²) < 4.78 is 0. The zero-order chi connectivity index (χ0) is 10.7. The number of hydrogen-bond donors (Lipinski definition) is 0. The smallest absolute Gasteiger partial charge is 0.230 e. The van der Waals surface area contributed by atoms with Gasteiger partial charge < -0.3 is 4.90 Å². The second-order valence-corrected chi connectivity index (χ2v) is 4.55. The second-order valence-electron chi connectivity index (χ2n) is 4.55. The number of carbonyl (C=O) groups excluding carboxylic acids is 2. The van der Waals surface area contributed by atoms with Crippen LogP contribution in [0, 0.1) is 5.92 Å². The molecule has 1 rings (SSSR count). The van der Waals surface area contributed by atoms with E-state index in [1.807, 2.05) is 4.90 Å². The molecule has 1 aliphatic rings. The van der Waals surface area contributed by atoms with E-state index in [0.717, 1.165) is 19.4 Å². The van der Waals surface area contributed by atoms with E-state index in [1.165, 1.54) is 6.92 Å². The predicted molar refractivity (Wildman–Crippen MR) is 54.9 cm³/mol. The van der Waals surface area contributed by atoms with Crippen molar-refractivity contribution in [2.75, 3.05) is 6.54 Å². The highest BCUT2D eigenvalue weighted by atomic mass is 16.2. The third kappa shape index (κ3) is 3.48. The van der Waals surface area contributed by atoms with E-state index >= 15 is 0 Å². The lowest BCUT2D eigenvalue weighted by atomic mass is 10.2. The topological polar surface area (TPSA) is 37.4 Å². The molecule has 0 aromatic rings. The molecule has 0 unspecified atom stereocenters. The molecule has 0 saturated heterocycles. The molecular formula is C11H19NO2. The molecule has 1 amide bonds. The lowest BCUT2D eigenvalue weighted by Gasteiger charge is -2.23. The van der Waals surface area contributed by atoms with Gasteiger partial charge in [-0.15, -0.1) is 0 Å². The Bertz CT molecular complexity index is 231. The molecule has 0 spiro atoms. The van der Waals surface area contributed by atoms with Crippen molar-refractivity contribution in [1.82, 2.24) is 4.90 Å². The molecule has 0 aliphatic heterocycles. The lowest BCUT2D eigenvalue weighted by molar-refractivity contribution is -0.135. The standard InChI is InChI=1S/C11H19NO2/c1-8(2)7-12(10-4-5-10)11(14)6-9(3)13/h8,10H,4-7H2,1-3H3. The van der Waals surface area contributed by atoms with E-state index in [1.54, 1.807) is 0 Å². The molecule has 80 valence electrons. The number of nitrogens with zero attached hydrogens (tertiary/aromatic N) is 1. The first kappa shape index (κ1) is 11.2. The largest absolute Gasteiger partial charge is 0.339 e. The summed E-state index contributed by atoms with van der Waals surface area (Å²) in [5.74, 6) is 0.449. The molecule has 0 bridgehead atoms. The highest BCUT2D eigenvalue weighted by molar-refractivity contribution is 5.97. The molecule has 1 aliphatic carbocycles. The van der Waals surface area contributed by atoms with Gasteiger partial charge in [0, 0.05) is 12.6 Å². The molecule has 14 heavy (non-hydrogen) atoms. The average molecular weight is 197 g/mol. The summed E-state index contributed by atoms with van der Waals surface area (Å²) >= 11 is 0. The maximum absolute atomic E-state index is 11.7. The predicted octanol–water partition coefficient (Wildman–Crippen LogP) is 1.61. The van der Waals surface area contributed by atoms with Crippen LogP contribution < -0.4 is 0 Å². The van der Waals surface area contributed by atoms with Gasteiger partial charge in [0.25, 0.3) is 0 Å². The van der Waals surface area contributed by atoms with Crippen molar-refractivity contribution in [2.45, 2.75) is 46.1 Å². The third-order valence-corrected chi connectivity index (χ3v) is 2.27. The maximum Gasteiger partial charge on any atom is 0.230 e. The first-order valence-corrected chi connectivity index (χ1v) is 5.29. The molecule has 1 saturated carbocycles. The summed E-state index contributed by atoms with van der Waals surface area (Å²) in [5, 5.41) is 0. The summed E-state index contributed by atoms with van der Waals surface area (Å²) in [6.45, 7) is 6.45. The summed E-state index contributed by atoms with van der Waals surface area (Å²) in [4.78, 5) is 24.4. The lowest BCUT2D eigenvalue weighted by Crippen LogP contribution is -2.36. The number of carbonyl (C=O) groups is 2. The van der Waals surface area contributed by atoms with Crippen molar-refractivity contribution in [2.24, 2.45) is 5.92 Å². The molecule has 0 N–H and O–H groups in total. The van der Waals surface area contributed by atoms with Crippen molar-refractivity contribution < 1.29 is 9.59 Å². The van der Waals surface area contributed by atoms with Crippen molar-refractivity contribution in [3.05, 3.63) is 0 Å². The quantitative estimate of drug-likeness (QED) is 0.628. The molecule has 3 heteroatoms. The Morgan fingerprint density at radius 1 is 1.36 bits per heavy atom. The van der Waals surface area contributed by atoms with Crippen molar-refractivity contribution in [3.8, 4) is 0 Å². The van der Waals surface area contributed by atoms with Crippen LogP contribution in [0.2, 0.25) is 0 Å². The van der Waals surface area contributed by atoms with Gasteiger partial charge in [-0.1, -0.05) is 13.8 Å². The summed E-state index contributed by atoms with van der Waals surface area (Å²) in [6.07, 6.45) is 2.29. The number of Topliss-reactive ketones (excluding diaryl/α,β-unsaturated/α-hetero) is 1. The van der Waals surface area contributed by atoms with Gasteiger partial charge in [-0.25, -0.2) is 0 Å². The van der Waals surface area contributed by atoms with E-state index in [2.05, 4.69) is 13.8 Å². The Balaban J connectivity index is 2.48. The van der Waals surface area contributed by atoms with Gasteiger partial charge in [0.2, 0.25) is 5.91 Å². The molecule has 1 fully saturated rings. The fraction of sp³-hybridized carbons (Fsp3) is 0.818. The first-order chi connectivity index (χ1) is 6.50. The number of rotatable bonds is 5. The van der Waals surface area contributed by atoms with Crippen molar-refractivity contribution in [3.63, 3.8) is 0 Å². The van der Waals surface area contributed by atoms with Gasteiger partial charge in [-0.2, -0.15) is 0 Å². The Morgan fingerprint density at radius 2 is 1.93 bits per heavy atom. The maximum atomic E-state index is 11.7. The van der Waals surface area contributed by atoms with Gasteiger partial charge in [-0.3, -0.25) is 9.59 Å². The number of ketones is 1. The molecule has 0 radical (unpaired) electrons. The highest BCUT2D eigenvalue weighted by Crippen LogP contribution is 2.28. The number of hydrogen-bond acceptors (Lipinski definition) is 2. The van der Waals surface area contributed by atoms with E-state index < -0.39 is 0 Å². The van der Waals surface area contributed by atoms with E-state index in [9.17, 15) is 9.59 Å². The Kier molecular flexibility index (Phi) is 3.67. The van der Waals surface area contributed by atoms with Crippen LogP contribution in [0.4, 0.5) is 0 Å². The minimum atomic E-state index is -0.0376. The first-order valence-electron chi connectivity index (χ1n) is 5.29. The van der Waals surface area contributed by atoms with E-state index in [4.69, 9.17) is 0 Å². The van der Waals surface area contributed by atoms with Gasteiger partial charge in [-0.05, 0) is 25.7 Å². The average Bonchev–Trinajstić information content (AvgIpc) is 2.80. The van der Waals surface area contributed by atoms with Crippen molar-refractivity contribution in [1.29, 1.82) is 0 Å². The summed E-state index contributed by atoms with van der Waals surface area (Å²) in [6, 6.07) is 0.421. The van der Waals surface area contributed by atoms with E-state index in [0.29, 0.717) is 12.0 Å². The van der Waals surface area contributed by atoms with Crippen LogP contribution in [0.1, 0.15) is 40.0 Å². The molecule has 0 heterocycles. The molecular weight excluding hydrogens is 178 g/mol. The summed E-state index contributed by atoms with van der Waals surface area (Å²) in [7, 11) is 0. The van der Waals surface area contributed by atoms with E-state index in [-0.39, 0.29) is 18.1 Å². The fourth-order valence-electron chi connectivity index (χ4n) is 1.55. The van der Waals surface area contributed by atoms with Crippen LogP contribution in [-0.4, -0.2) is 29.2 Å². The Hall–Kier alpha value is -0.860. The SMILES string of the molecule is CC(=O)CC(=O)N(CC(C)C)C1CC1. The Labute approximate surface area is 85.5 Å². The monoisotopic (exact) mass is 197 g/mol. The van der Waals surface area contributed by atoms with Crippen LogP contribution in [-0.2, 0) is 9.59 Å². The zero-order valence-corrected chi connectivity index (χ0v) is 9.25. The Morgan fingerprint density at radius 3 is 2.29 bits per heavy atom. The van der Waals surface area contributed by atoms with Crippen LogP contribution in [0.5, 0.6) is 0 Å². The van der Waals surface area contributed by atoms with Crippen molar-refractivity contribution >= 4 is 11.7 Å². The normalized spacial score (nSPS) is 15.7. The fourth-order valence-corrected chi connectivity index (χ4v) is 1.55. The van der Waals surface area contributed by atoms with Crippen LogP contribution in [0.25, 0.3) is 0 Å². The van der Waals surface area contributed by atoms with Gasteiger partial charge in [0.1, 0.15) is 5.78 Å². The van der Waals surface area contributed by atoms with Crippen LogP contribution in [0.3, 0.4) is 0 Å². The molecule has 3 nitrogen and oxygen atoms in total. The minimum Gasteiger partial charge on any atom is -0.339 e. The third-order valence-electron chi connectivity index (χ3n) is 2.27. The molecule has 0 atom stereocenters. The van der Waals surface area contributed by atoms with Gasteiger partial charge in [0.15, 0.2) is 0 Å². The van der Waals surface area contributed by atoms with Gasteiger partial charge >= 0.3 is 0 Å². The zero-order valence-electron chi connectivity index (χ0n) is 9.25. The van der Waals surface area contributed by atoms with Gasteiger partial charge in [0.05, 0.1) is 6.42 Å². The highest BCUT2D eigenvalue weighted by Gasteiger charge is 2.32. The van der Waals surface area contributed by atoms with Crippen LogP contribution in [0.15, 0.2) is 0 Å². The molecule has 0 aromatic heterocycles. The molecule has 0 aromatic carbocycles. The summed E-state index contributed by atoms with van der Waals surface area (Å²) in [5.41, 5.74) is 0. The minimum absolute atomic E-state index is 0.00806. The van der Waals surface area contributed by atoms with Crippen LogP contribution >= 0.6 is 0 Å².